The molecule has 102 valence electrons. The molecule has 2 rings (SSSR count). The van der Waals surface area contributed by atoms with E-state index < -0.39 is 0 Å². The highest BCUT2D eigenvalue weighted by molar-refractivity contribution is 9.10. The third-order valence-electron chi connectivity index (χ3n) is 3.30. The molecule has 2 aromatic rings. The lowest BCUT2D eigenvalue weighted by Gasteiger charge is -2.14. The number of halogens is 1. The van der Waals surface area contributed by atoms with E-state index in [0.29, 0.717) is 5.92 Å². The molecule has 0 radical (unpaired) electrons. The Kier molecular flexibility index (Phi) is 5.61. The van der Waals surface area contributed by atoms with Gasteiger partial charge in [-0.15, -0.1) is 11.3 Å². The van der Waals surface area contributed by atoms with Crippen LogP contribution in [0.1, 0.15) is 22.2 Å². The van der Waals surface area contributed by atoms with Crippen LogP contribution in [0, 0.1) is 5.92 Å². The zero-order valence-corrected chi connectivity index (χ0v) is 13.6. The summed E-state index contributed by atoms with van der Waals surface area (Å²) in [5.74, 6) is 0.526. The van der Waals surface area contributed by atoms with Gasteiger partial charge in [0.2, 0.25) is 0 Å². The summed E-state index contributed by atoms with van der Waals surface area (Å²) in [6.07, 6.45) is 3.27. The Morgan fingerprint density at radius 1 is 1.16 bits per heavy atom. The predicted molar refractivity (Wildman–Crippen MR) is 87.8 cm³/mol. The van der Waals surface area contributed by atoms with Crippen LogP contribution in [-0.4, -0.2) is 6.54 Å². The van der Waals surface area contributed by atoms with E-state index in [1.54, 1.807) is 0 Å². The predicted octanol–water partition coefficient (Wildman–Crippen LogP) is 4.43. The first-order valence-electron chi connectivity index (χ1n) is 6.73. The summed E-state index contributed by atoms with van der Waals surface area (Å²) in [7, 11) is 0. The maximum atomic E-state index is 5.94. The van der Waals surface area contributed by atoms with Gasteiger partial charge in [-0.3, -0.25) is 0 Å². The van der Waals surface area contributed by atoms with E-state index in [1.807, 2.05) is 11.3 Å². The van der Waals surface area contributed by atoms with Crippen LogP contribution in [0.5, 0.6) is 0 Å². The second kappa shape index (κ2) is 7.22. The molecule has 1 unspecified atom stereocenters. The first-order chi connectivity index (χ1) is 9.21. The Bertz CT molecular complexity index is 521. The highest BCUT2D eigenvalue weighted by atomic mass is 79.9. The molecule has 0 bridgehead atoms. The molecule has 0 aliphatic carbocycles. The summed E-state index contributed by atoms with van der Waals surface area (Å²) in [5.41, 5.74) is 7.30. The average molecular weight is 338 g/mol. The lowest BCUT2D eigenvalue weighted by atomic mass is 9.96. The third kappa shape index (κ3) is 4.44. The van der Waals surface area contributed by atoms with Crippen LogP contribution >= 0.6 is 27.3 Å². The minimum atomic E-state index is 0.526. The van der Waals surface area contributed by atoms with Gasteiger partial charge in [0, 0.05) is 14.2 Å². The number of hydrogen-bond acceptors (Lipinski definition) is 2. The van der Waals surface area contributed by atoms with Crippen molar-refractivity contribution in [2.24, 2.45) is 11.7 Å². The van der Waals surface area contributed by atoms with Gasteiger partial charge >= 0.3 is 0 Å². The lowest BCUT2D eigenvalue weighted by Crippen LogP contribution is -2.18. The molecule has 0 fully saturated rings. The monoisotopic (exact) mass is 337 g/mol. The van der Waals surface area contributed by atoms with Gasteiger partial charge in [-0.05, 0) is 61.6 Å². The number of rotatable bonds is 6. The number of benzene rings is 1. The van der Waals surface area contributed by atoms with Gasteiger partial charge in [0.15, 0.2) is 0 Å². The fraction of sp³-hybridized carbons (Fsp3) is 0.375. The van der Waals surface area contributed by atoms with Crippen molar-refractivity contribution in [2.75, 3.05) is 6.54 Å². The number of hydrogen-bond donors (Lipinski definition) is 1. The minimum absolute atomic E-state index is 0.526. The molecular formula is C16H20BrNS. The van der Waals surface area contributed by atoms with Crippen molar-refractivity contribution in [3.8, 4) is 0 Å². The summed E-state index contributed by atoms with van der Waals surface area (Å²) in [4.78, 5) is 2.93. The van der Waals surface area contributed by atoms with Crippen molar-refractivity contribution in [1.29, 1.82) is 0 Å². The molecule has 1 nitrogen and oxygen atoms in total. The van der Waals surface area contributed by atoms with Crippen molar-refractivity contribution >= 4 is 27.3 Å². The van der Waals surface area contributed by atoms with Crippen LogP contribution in [0.3, 0.4) is 0 Å². The van der Waals surface area contributed by atoms with Crippen LogP contribution < -0.4 is 5.73 Å². The largest absolute Gasteiger partial charge is 0.330 e. The maximum Gasteiger partial charge on any atom is 0.0177 e. The zero-order chi connectivity index (χ0) is 13.7. The Balaban J connectivity index is 2.00. The van der Waals surface area contributed by atoms with Gasteiger partial charge in [-0.2, -0.15) is 0 Å². The molecule has 1 aromatic carbocycles. The Morgan fingerprint density at radius 3 is 2.58 bits per heavy atom. The van der Waals surface area contributed by atoms with E-state index in [4.69, 9.17) is 5.73 Å². The van der Waals surface area contributed by atoms with Crippen molar-refractivity contribution in [3.05, 3.63) is 56.2 Å². The van der Waals surface area contributed by atoms with Crippen LogP contribution in [-0.2, 0) is 19.3 Å². The molecule has 0 saturated carbocycles. The van der Waals surface area contributed by atoms with Gasteiger partial charge in [-0.25, -0.2) is 0 Å². The van der Waals surface area contributed by atoms with E-state index in [0.717, 1.165) is 30.3 Å². The molecule has 1 heterocycles. The standard InChI is InChI=1S/C16H20BrNS/c1-2-15-6-7-16(19-15)10-13(11-18)8-12-4-3-5-14(17)9-12/h3-7,9,13H,2,8,10-11,18H2,1H3. The fourth-order valence-electron chi connectivity index (χ4n) is 2.24. The molecule has 0 spiro atoms. The second-order valence-corrected chi connectivity index (χ2v) is 7.03. The van der Waals surface area contributed by atoms with Gasteiger partial charge in [0.1, 0.15) is 0 Å². The summed E-state index contributed by atoms with van der Waals surface area (Å²) in [6.45, 7) is 2.95. The summed E-state index contributed by atoms with van der Waals surface area (Å²) >= 11 is 5.45. The maximum absolute atomic E-state index is 5.94. The second-order valence-electron chi connectivity index (χ2n) is 4.86. The number of nitrogens with two attached hydrogens (primary N) is 1. The first kappa shape index (κ1) is 14.8. The number of thiophene rings is 1. The van der Waals surface area contributed by atoms with E-state index in [2.05, 4.69) is 59.3 Å². The number of aryl methyl sites for hydroxylation is 1. The Labute approximate surface area is 128 Å². The van der Waals surface area contributed by atoms with Gasteiger partial charge in [0.25, 0.3) is 0 Å². The van der Waals surface area contributed by atoms with E-state index in [-0.39, 0.29) is 0 Å². The molecular weight excluding hydrogens is 318 g/mol. The fourth-order valence-corrected chi connectivity index (χ4v) is 3.76. The molecule has 0 aliphatic heterocycles. The SMILES string of the molecule is CCc1ccc(CC(CN)Cc2cccc(Br)c2)s1. The minimum Gasteiger partial charge on any atom is -0.330 e. The average Bonchev–Trinajstić information content (AvgIpc) is 2.85. The smallest absolute Gasteiger partial charge is 0.0177 e. The van der Waals surface area contributed by atoms with E-state index in [9.17, 15) is 0 Å². The third-order valence-corrected chi connectivity index (χ3v) is 5.05. The van der Waals surface area contributed by atoms with Crippen LogP contribution in [0.15, 0.2) is 40.9 Å². The van der Waals surface area contributed by atoms with Crippen molar-refractivity contribution in [2.45, 2.75) is 26.2 Å². The molecule has 0 amide bonds. The first-order valence-corrected chi connectivity index (χ1v) is 8.34. The van der Waals surface area contributed by atoms with E-state index >= 15 is 0 Å². The zero-order valence-electron chi connectivity index (χ0n) is 11.2. The molecule has 0 aliphatic rings. The van der Waals surface area contributed by atoms with Crippen molar-refractivity contribution < 1.29 is 0 Å². The highest BCUT2D eigenvalue weighted by Gasteiger charge is 2.11. The summed E-state index contributed by atoms with van der Waals surface area (Å²) in [6, 6.07) is 13.0. The van der Waals surface area contributed by atoms with Crippen LogP contribution in [0.4, 0.5) is 0 Å². The molecule has 2 N–H and O–H groups in total. The molecule has 1 atom stereocenters. The van der Waals surface area contributed by atoms with Gasteiger partial charge < -0.3 is 5.73 Å². The highest BCUT2D eigenvalue weighted by Crippen LogP contribution is 2.22. The quantitative estimate of drug-likeness (QED) is 0.828. The normalized spacial score (nSPS) is 12.6. The van der Waals surface area contributed by atoms with Crippen molar-refractivity contribution in [3.63, 3.8) is 0 Å². The molecule has 1 aromatic heterocycles. The molecule has 3 heteroatoms. The molecule has 0 saturated heterocycles. The lowest BCUT2D eigenvalue weighted by molar-refractivity contribution is 0.537. The van der Waals surface area contributed by atoms with Crippen LogP contribution in [0.2, 0.25) is 0 Å². The summed E-state index contributed by atoms with van der Waals surface area (Å²) < 4.78 is 1.14. The van der Waals surface area contributed by atoms with Gasteiger partial charge in [0.05, 0.1) is 0 Å². The van der Waals surface area contributed by atoms with E-state index in [1.165, 1.54) is 15.3 Å². The van der Waals surface area contributed by atoms with Gasteiger partial charge in [-0.1, -0.05) is 35.0 Å². The Morgan fingerprint density at radius 2 is 1.95 bits per heavy atom. The van der Waals surface area contributed by atoms with Crippen molar-refractivity contribution in [1.82, 2.24) is 0 Å². The topological polar surface area (TPSA) is 26.0 Å². The Hall–Kier alpha value is -0.640. The van der Waals surface area contributed by atoms with Crippen LogP contribution in [0.25, 0.3) is 0 Å². The molecule has 19 heavy (non-hydrogen) atoms. The summed E-state index contributed by atoms with van der Waals surface area (Å²) in [5, 5.41) is 0.